The molecule has 0 spiro atoms. The molecule has 1 heterocycles. The number of benzene rings is 2. The van der Waals surface area contributed by atoms with E-state index in [0.717, 1.165) is 19.3 Å². The second-order valence-corrected chi connectivity index (χ2v) is 7.42. The summed E-state index contributed by atoms with van der Waals surface area (Å²) in [5.41, 5.74) is 2.43. The number of carbonyl (C=O) groups is 2. The number of carbonyl (C=O) groups excluding carboxylic acids is 1. The molecule has 1 fully saturated rings. The highest BCUT2D eigenvalue weighted by molar-refractivity contribution is 5.77. The van der Waals surface area contributed by atoms with Crippen LogP contribution >= 0.6 is 0 Å². The molecule has 0 aliphatic carbocycles. The molecule has 1 N–H and O–H groups in total. The fraction of sp³-hybridized carbons (Fsp3) is 0.391. The highest BCUT2D eigenvalue weighted by Gasteiger charge is 2.26. The van der Waals surface area contributed by atoms with Gasteiger partial charge in [0.1, 0.15) is 0 Å². The van der Waals surface area contributed by atoms with Crippen LogP contribution in [0.15, 0.2) is 60.7 Å². The van der Waals surface area contributed by atoms with Crippen molar-refractivity contribution in [3.63, 3.8) is 0 Å². The molecule has 2 aromatic carbocycles. The molecule has 1 unspecified atom stereocenters. The van der Waals surface area contributed by atoms with Crippen molar-refractivity contribution in [1.82, 2.24) is 4.90 Å². The number of hydrogen-bond donors (Lipinski definition) is 1. The van der Waals surface area contributed by atoms with E-state index in [2.05, 4.69) is 24.3 Å². The van der Waals surface area contributed by atoms with Gasteiger partial charge in [0.15, 0.2) is 0 Å². The lowest BCUT2D eigenvalue weighted by Crippen LogP contribution is -2.39. The van der Waals surface area contributed by atoms with E-state index in [4.69, 9.17) is 5.11 Å². The Morgan fingerprint density at radius 2 is 1.56 bits per heavy atom. The van der Waals surface area contributed by atoms with Crippen molar-refractivity contribution in [2.75, 3.05) is 13.1 Å². The van der Waals surface area contributed by atoms with E-state index < -0.39 is 5.97 Å². The average Bonchev–Trinajstić information content (AvgIpc) is 2.69. The lowest BCUT2D eigenvalue weighted by atomic mass is 9.88. The third-order valence-electron chi connectivity index (χ3n) is 5.45. The van der Waals surface area contributed by atoms with Gasteiger partial charge in [-0.1, -0.05) is 60.7 Å². The van der Waals surface area contributed by atoms with Gasteiger partial charge in [0, 0.05) is 25.9 Å². The molecule has 0 saturated carbocycles. The number of piperidine rings is 1. The largest absolute Gasteiger partial charge is 0.481 e. The van der Waals surface area contributed by atoms with Crippen LogP contribution in [0.2, 0.25) is 0 Å². The summed E-state index contributed by atoms with van der Waals surface area (Å²) in [6.45, 7) is 1.34. The zero-order chi connectivity index (χ0) is 19.1. The molecule has 1 aliphatic heterocycles. The first-order valence-electron chi connectivity index (χ1n) is 9.70. The Morgan fingerprint density at radius 1 is 0.963 bits per heavy atom. The molecule has 4 nitrogen and oxygen atoms in total. The third kappa shape index (κ3) is 5.68. The number of carboxylic acids is 1. The molecule has 1 saturated heterocycles. The van der Waals surface area contributed by atoms with Gasteiger partial charge in [0.05, 0.1) is 0 Å². The molecule has 1 atom stereocenters. The van der Waals surface area contributed by atoms with E-state index in [-0.39, 0.29) is 24.2 Å². The number of likely N-dealkylation sites (tertiary alicyclic amines) is 1. The number of carboxylic acid groups (broad SMARTS) is 1. The first kappa shape index (κ1) is 19.2. The van der Waals surface area contributed by atoms with Crippen molar-refractivity contribution in [3.05, 3.63) is 71.8 Å². The summed E-state index contributed by atoms with van der Waals surface area (Å²) < 4.78 is 0. The quantitative estimate of drug-likeness (QED) is 0.803. The summed E-state index contributed by atoms with van der Waals surface area (Å²) in [4.78, 5) is 25.7. The Balaban J connectivity index is 1.63. The summed E-state index contributed by atoms with van der Waals surface area (Å²) in [7, 11) is 0. The van der Waals surface area contributed by atoms with Gasteiger partial charge in [0.2, 0.25) is 5.91 Å². The van der Waals surface area contributed by atoms with Crippen LogP contribution in [0.4, 0.5) is 0 Å². The summed E-state index contributed by atoms with van der Waals surface area (Å²) >= 11 is 0. The van der Waals surface area contributed by atoms with Crippen LogP contribution in [-0.4, -0.2) is 35.0 Å². The highest BCUT2D eigenvalue weighted by Crippen LogP contribution is 2.27. The van der Waals surface area contributed by atoms with Crippen molar-refractivity contribution in [2.24, 2.45) is 5.92 Å². The average molecular weight is 365 g/mol. The first-order valence-corrected chi connectivity index (χ1v) is 9.70. The Bertz CT molecular complexity index is 737. The molecule has 1 amide bonds. The highest BCUT2D eigenvalue weighted by atomic mass is 16.4. The molecule has 0 aromatic heterocycles. The van der Waals surface area contributed by atoms with Crippen LogP contribution in [0.25, 0.3) is 0 Å². The lowest BCUT2D eigenvalue weighted by molar-refractivity contribution is -0.138. The molecule has 27 heavy (non-hydrogen) atoms. The van der Waals surface area contributed by atoms with Gasteiger partial charge in [-0.2, -0.15) is 0 Å². The maximum Gasteiger partial charge on any atom is 0.303 e. The number of nitrogens with zero attached hydrogens (tertiary/aromatic N) is 1. The van der Waals surface area contributed by atoms with Crippen molar-refractivity contribution in [3.8, 4) is 0 Å². The van der Waals surface area contributed by atoms with Crippen LogP contribution in [0.3, 0.4) is 0 Å². The molecule has 3 rings (SSSR count). The summed E-state index contributed by atoms with van der Waals surface area (Å²) in [6, 6.07) is 20.5. The van der Waals surface area contributed by atoms with Crippen LogP contribution in [0.1, 0.15) is 42.7 Å². The predicted octanol–water partition coefficient (Wildman–Crippen LogP) is 4.12. The van der Waals surface area contributed by atoms with Gasteiger partial charge in [0.25, 0.3) is 0 Å². The minimum absolute atomic E-state index is 0.151. The van der Waals surface area contributed by atoms with Crippen molar-refractivity contribution in [2.45, 2.75) is 38.0 Å². The first-order chi connectivity index (χ1) is 13.1. The Morgan fingerprint density at radius 3 is 2.15 bits per heavy atom. The topological polar surface area (TPSA) is 57.6 Å². The van der Waals surface area contributed by atoms with Crippen molar-refractivity contribution in [1.29, 1.82) is 0 Å². The third-order valence-corrected chi connectivity index (χ3v) is 5.45. The van der Waals surface area contributed by atoms with Crippen LogP contribution in [0, 0.1) is 5.92 Å². The Kier molecular flexibility index (Phi) is 6.64. The van der Waals surface area contributed by atoms with E-state index >= 15 is 0 Å². The maximum absolute atomic E-state index is 12.9. The molecular weight excluding hydrogens is 338 g/mol. The summed E-state index contributed by atoms with van der Waals surface area (Å²) in [5.74, 6) is -0.223. The second kappa shape index (κ2) is 9.36. The molecule has 0 bridgehead atoms. The smallest absolute Gasteiger partial charge is 0.303 e. The Hall–Kier alpha value is -2.62. The molecule has 0 radical (unpaired) electrons. The van der Waals surface area contributed by atoms with Crippen LogP contribution in [0.5, 0.6) is 0 Å². The van der Waals surface area contributed by atoms with Crippen molar-refractivity contribution < 1.29 is 14.7 Å². The van der Waals surface area contributed by atoms with E-state index in [1.807, 2.05) is 41.3 Å². The summed E-state index contributed by atoms with van der Waals surface area (Å²) in [5, 5.41) is 8.95. The Labute approximate surface area is 160 Å². The fourth-order valence-electron chi connectivity index (χ4n) is 3.91. The molecular formula is C23H27NO3. The minimum atomic E-state index is -0.744. The molecule has 142 valence electrons. The van der Waals surface area contributed by atoms with E-state index in [0.29, 0.717) is 19.5 Å². The van der Waals surface area contributed by atoms with Crippen LogP contribution in [-0.2, 0) is 16.0 Å². The van der Waals surface area contributed by atoms with Gasteiger partial charge in [-0.05, 0) is 42.2 Å². The maximum atomic E-state index is 12.9. The normalized spacial score (nSPS) is 16.1. The summed E-state index contributed by atoms with van der Waals surface area (Å²) in [6.07, 6.45) is 3.11. The SMILES string of the molecule is O=C(O)CC1CCN(C(=O)CC(Cc2ccccc2)c2ccccc2)CC1. The zero-order valence-corrected chi connectivity index (χ0v) is 15.6. The van der Waals surface area contributed by atoms with Gasteiger partial charge in [-0.3, -0.25) is 9.59 Å². The predicted molar refractivity (Wildman–Crippen MR) is 106 cm³/mol. The van der Waals surface area contributed by atoms with E-state index in [9.17, 15) is 9.59 Å². The lowest BCUT2D eigenvalue weighted by Gasteiger charge is -2.32. The van der Waals surface area contributed by atoms with Gasteiger partial charge >= 0.3 is 5.97 Å². The molecule has 2 aromatic rings. The van der Waals surface area contributed by atoms with E-state index in [1.165, 1.54) is 11.1 Å². The number of amides is 1. The van der Waals surface area contributed by atoms with Gasteiger partial charge < -0.3 is 10.0 Å². The zero-order valence-electron chi connectivity index (χ0n) is 15.6. The van der Waals surface area contributed by atoms with Gasteiger partial charge in [-0.15, -0.1) is 0 Å². The number of hydrogen-bond acceptors (Lipinski definition) is 2. The fourth-order valence-corrected chi connectivity index (χ4v) is 3.91. The molecule has 4 heteroatoms. The number of aliphatic carboxylic acids is 1. The monoisotopic (exact) mass is 365 g/mol. The van der Waals surface area contributed by atoms with E-state index in [1.54, 1.807) is 0 Å². The minimum Gasteiger partial charge on any atom is -0.481 e. The standard InChI is InChI=1S/C23H27NO3/c25-22(24-13-11-19(12-14-24)16-23(26)27)17-21(20-9-5-2-6-10-20)15-18-7-3-1-4-8-18/h1-10,19,21H,11-17H2,(H,26,27). The van der Waals surface area contributed by atoms with Gasteiger partial charge in [-0.25, -0.2) is 0 Å². The second-order valence-electron chi connectivity index (χ2n) is 7.42. The molecule has 1 aliphatic rings. The van der Waals surface area contributed by atoms with Crippen LogP contribution < -0.4 is 0 Å². The number of rotatable bonds is 7. The van der Waals surface area contributed by atoms with Crippen molar-refractivity contribution >= 4 is 11.9 Å².